The molecule has 4 rings (SSSR count). The van der Waals surface area contributed by atoms with E-state index in [1.807, 2.05) is 30.3 Å². The van der Waals surface area contributed by atoms with Gasteiger partial charge in [-0.15, -0.1) is 10.2 Å². The third-order valence-electron chi connectivity index (χ3n) is 3.99. The number of carbonyl (C=O) groups excluding carboxylic acids is 1. The molecule has 3 aromatic carbocycles. The van der Waals surface area contributed by atoms with Crippen molar-refractivity contribution in [1.82, 2.24) is 4.98 Å². The number of aromatic hydroxyl groups is 2. The van der Waals surface area contributed by atoms with Crippen molar-refractivity contribution in [3.8, 4) is 11.6 Å². The molecule has 0 aliphatic carbocycles. The Hall–Kier alpha value is -3.67. The zero-order valence-electron chi connectivity index (χ0n) is 13.0. The second kappa shape index (κ2) is 5.76. The Kier molecular flexibility index (Phi) is 3.43. The first kappa shape index (κ1) is 14.9. The molecular formula is C19H13N3O3. The van der Waals surface area contributed by atoms with Crippen molar-refractivity contribution < 1.29 is 15.0 Å². The molecule has 0 radical (unpaired) electrons. The van der Waals surface area contributed by atoms with E-state index >= 15 is 0 Å². The lowest BCUT2D eigenvalue weighted by molar-refractivity contribution is 0.0992. The molecule has 3 N–H and O–H groups in total. The summed E-state index contributed by atoms with van der Waals surface area (Å²) in [4.78, 5) is 15.1. The highest BCUT2D eigenvalue weighted by atomic mass is 16.3. The number of aromatic amines is 1. The molecule has 6 nitrogen and oxygen atoms in total. The van der Waals surface area contributed by atoms with Gasteiger partial charge >= 0.3 is 0 Å². The summed E-state index contributed by atoms with van der Waals surface area (Å²) in [5, 5.41) is 29.9. The lowest BCUT2D eigenvalue weighted by atomic mass is 10.1. The van der Waals surface area contributed by atoms with Crippen molar-refractivity contribution in [3.63, 3.8) is 0 Å². The van der Waals surface area contributed by atoms with E-state index in [-0.39, 0.29) is 22.9 Å². The summed E-state index contributed by atoms with van der Waals surface area (Å²) in [7, 11) is 0. The first-order valence-corrected chi connectivity index (χ1v) is 7.61. The maximum absolute atomic E-state index is 12.3. The zero-order chi connectivity index (χ0) is 17.4. The van der Waals surface area contributed by atoms with E-state index in [1.54, 1.807) is 24.3 Å². The van der Waals surface area contributed by atoms with Crippen LogP contribution in [0.1, 0.15) is 10.4 Å². The van der Waals surface area contributed by atoms with Crippen molar-refractivity contribution in [2.75, 3.05) is 0 Å². The number of azo groups is 1. The highest BCUT2D eigenvalue weighted by Crippen LogP contribution is 2.35. The van der Waals surface area contributed by atoms with Gasteiger partial charge in [-0.3, -0.25) is 4.79 Å². The summed E-state index contributed by atoms with van der Waals surface area (Å²) in [5.74, 6) is -1.01. The normalized spacial score (nSPS) is 11.5. The molecule has 6 heteroatoms. The summed E-state index contributed by atoms with van der Waals surface area (Å²) >= 11 is 0. The van der Waals surface area contributed by atoms with Gasteiger partial charge in [-0.1, -0.05) is 42.5 Å². The number of para-hydroxylation sites is 1. The Morgan fingerprint density at radius 2 is 1.60 bits per heavy atom. The molecule has 0 spiro atoms. The molecule has 1 aromatic heterocycles. The third kappa shape index (κ3) is 2.59. The van der Waals surface area contributed by atoms with Crippen LogP contribution in [0.4, 0.5) is 5.69 Å². The van der Waals surface area contributed by atoms with Gasteiger partial charge in [0.25, 0.3) is 5.91 Å². The van der Waals surface area contributed by atoms with Gasteiger partial charge in [0.15, 0.2) is 5.69 Å². The Labute approximate surface area is 142 Å². The number of phenols is 1. The Morgan fingerprint density at radius 1 is 0.920 bits per heavy atom. The number of hydrogen-bond acceptors (Lipinski definition) is 4. The number of H-pyrrole nitrogens is 1. The van der Waals surface area contributed by atoms with Crippen LogP contribution in [0.5, 0.6) is 11.6 Å². The maximum Gasteiger partial charge on any atom is 0.299 e. The van der Waals surface area contributed by atoms with Gasteiger partial charge in [0.05, 0.1) is 11.1 Å². The number of nitrogens with one attached hydrogen (secondary N) is 1. The molecule has 0 bridgehead atoms. The summed E-state index contributed by atoms with van der Waals surface area (Å²) in [6.45, 7) is 0. The highest BCUT2D eigenvalue weighted by Gasteiger charge is 2.14. The van der Waals surface area contributed by atoms with Crippen LogP contribution in [0.2, 0.25) is 0 Å². The largest absolute Gasteiger partial charge is 0.507 e. The molecule has 25 heavy (non-hydrogen) atoms. The SMILES string of the molecule is O=C(N=Nc1c(O)[nH]c2ccccc12)c1cc2ccccc2cc1O. The van der Waals surface area contributed by atoms with Crippen molar-refractivity contribution in [2.24, 2.45) is 10.2 Å². The standard InChI is InChI=1S/C19H13N3O3/c23-16-10-12-6-2-1-5-11(12)9-14(16)18(24)22-21-17-13-7-3-4-8-15(13)20-19(17)25/h1-10,20,23,25H. The minimum atomic E-state index is -0.687. The minimum Gasteiger partial charge on any atom is -0.507 e. The number of carbonyl (C=O) groups is 1. The van der Waals surface area contributed by atoms with Gasteiger partial charge in [0, 0.05) is 5.39 Å². The highest BCUT2D eigenvalue weighted by molar-refractivity contribution is 6.02. The minimum absolute atomic E-state index is 0.0572. The average Bonchev–Trinajstić information content (AvgIpc) is 2.94. The lowest BCUT2D eigenvalue weighted by Gasteiger charge is -2.03. The Morgan fingerprint density at radius 3 is 2.40 bits per heavy atom. The number of amides is 1. The summed E-state index contributed by atoms with van der Waals surface area (Å²) in [6, 6.07) is 17.6. The van der Waals surface area contributed by atoms with E-state index in [1.165, 1.54) is 6.07 Å². The number of hydrogen-bond donors (Lipinski definition) is 3. The molecule has 0 aliphatic rings. The van der Waals surface area contributed by atoms with E-state index in [4.69, 9.17) is 0 Å². The molecule has 0 atom stereocenters. The quantitative estimate of drug-likeness (QED) is 0.466. The van der Waals surface area contributed by atoms with Crippen LogP contribution >= 0.6 is 0 Å². The molecule has 0 unspecified atom stereocenters. The molecule has 0 fully saturated rings. The summed E-state index contributed by atoms with van der Waals surface area (Å²) < 4.78 is 0. The summed E-state index contributed by atoms with van der Waals surface area (Å²) in [6.07, 6.45) is 0. The topological polar surface area (TPSA) is 98.0 Å². The van der Waals surface area contributed by atoms with Crippen molar-refractivity contribution in [3.05, 3.63) is 66.2 Å². The monoisotopic (exact) mass is 331 g/mol. The fourth-order valence-electron chi connectivity index (χ4n) is 2.76. The van der Waals surface area contributed by atoms with Gasteiger partial charge in [0.2, 0.25) is 5.88 Å². The Balaban J connectivity index is 1.73. The second-order valence-electron chi connectivity index (χ2n) is 5.59. The molecule has 0 aliphatic heterocycles. The fraction of sp³-hybridized carbons (Fsp3) is 0. The lowest BCUT2D eigenvalue weighted by Crippen LogP contribution is -1.94. The van der Waals surface area contributed by atoms with E-state index < -0.39 is 5.91 Å². The maximum atomic E-state index is 12.3. The van der Waals surface area contributed by atoms with Gasteiger partial charge in [0.1, 0.15) is 5.75 Å². The van der Waals surface area contributed by atoms with Crippen LogP contribution in [0, 0.1) is 0 Å². The van der Waals surface area contributed by atoms with Crippen molar-refractivity contribution in [1.29, 1.82) is 0 Å². The molecule has 0 saturated carbocycles. The van der Waals surface area contributed by atoms with Crippen molar-refractivity contribution >= 4 is 33.3 Å². The van der Waals surface area contributed by atoms with Crippen LogP contribution in [-0.2, 0) is 0 Å². The number of aromatic nitrogens is 1. The fourth-order valence-corrected chi connectivity index (χ4v) is 2.76. The van der Waals surface area contributed by atoms with Crippen LogP contribution in [0.25, 0.3) is 21.7 Å². The number of fused-ring (bicyclic) bond motifs is 2. The first-order valence-electron chi connectivity index (χ1n) is 7.61. The molecular weight excluding hydrogens is 318 g/mol. The van der Waals surface area contributed by atoms with E-state index in [0.29, 0.717) is 10.9 Å². The summed E-state index contributed by atoms with van der Waals surface area (Å²) in [5.41, 5.74) is 0.931. The smallest absolute Gasteiger partial charge is 0.299 e. The molecule has 122 valence electrons. The third-order valence-corrected chi connectivity index (χ3v) is 3.99. The zero-order valence-corrected chi connectivity index (χ0v) is 13.0. The van der Waals surface area contributed by atoms with Crippen LogP contribution < -0.4 is 0 Å². The molecule has 0 saturated heterocycles. The average molecular weight is 331 g/mol. The van der Waals surface area contributed by atoms with E-state index in [9.17, 15) is 15.0 Å². The van der Waals surface area contributed by atoms with Gasteiger partial charge in [-0.25, -0.2) is 0 Å². The number of benzene rings is 3. The molecule has 4 aromatic rings. The van der Waals surface area contributed by atoms with Crippen molar-refractivity contribution in [2.45, 2.75) is 0 Å². The van der Waals surface area contributed by atoms with E-state index in [0.717, 1.165) is 10.8 Å². The predicted molar refractivity (Wildman–Crippen MR) is 94.4 cm³/mol. The number of rotatable bonds is 2. The van der Waals surface area contributed by atoms with Gasteiger partial charge < -0.3 is 15.2 Å². The Bertz CT molecular complexity index is 1150. The first-order chi connectivity index (χ1) is 12.1. The van der Waals surface area contributed by atoms with Gasteiger partial charge in [-0.05, 0) is 29.0 Å². The van der Waals surface area contributed by atoms with Gasteiger partial charge in [-0.2, -0.15) is 0 Å². The number of nitrogens with zero attached hydrogens (tertiary/aromatic N) is 2. The van der Waals surface area contributed by atoms with Crippen LogP contribution in [0.15, 0.2) is 70.9 Å². The molecule has 1 heterocycles. The van der Waals surface area contributed by atoms with Crippen LogP contribution in [0.3, 0.4) is 0 Å². The number of phenolic OH excluding ortho intramolecular Hbond substituents is 1. The predicted octanol–water partition coefficient (Wildman–Crippen LogP) is 4.66. The second-order valence-corrected chi connectivity index (χ2v) is 5.59. The van der Waals surface area contributed by atoms with Crippen LogP contribution in [-0.4, -0.2) is 21.1 Å². The molecule has 1 amide bonds. The van der Waals surface area contributed by atoms with E-state index in [2.05, 4.69) is 15.2 Å².